The van der Waals surface area contributed by atoms with E-state index >= 15 is 0 Å². The van der Waals surface area contributed by atoms with Gasteiger partial charge in [0.2, 0.25) is 0 Å². The summed E-state index contributed by atoms with van der Waals surface area (Å²) in [7, 11) is 1.43. The molecule has 2 aromatic rings. The highest BCUT2D eigenvalue weighted by Gasteiger charge is 2.34. The van der Waals surface area contributed by atoms with Gasteiger partial charge in [0.05, 0.1) is 7.11 Å². The lowest BCUT2D eigenvalue weighted by atomic mass is 9.97. The van der Waals surface area contributed by atoms with Crippen LogP contribution < -0.4 is 0 Å². The van der Waals surface area contributed by atoms with Gasteiger partial charge in [-0.05, 0) is 46.5 Å². The minimum absolute atomic E-state index is 0.226. The molecule has 0 saturated carbocycles. The smallest absolute Gasteiger partial charge is 0.317 e. The molecule has 0 amide bonds. The van der Waals surface area contributed by atoms with Crippen molar-refractivity contribution < 1.29 is 9.53 Å². The fourth-order valence-corrected chi connectivity index (χ4v) is 3.33. The topological polar surface area (TPSA) is 26.3 Å². The summed E-state index contributed by atoms with van der Waals surface area (Å²) in [6.45, 7) is 0. The van der Waals surface area contributed by atoms with Gasteiger partial charge in [0.15, 0.2) is 0 Å². The second-order valence-corrected chi connectivity index (χ2v) is 6.25. The quantitative estimate of drug-likeness (QED) is 0.680. The summed E-state index contributed by atoms with van der Waals surface area (Å²) < 4.78 is 6.89. The van der Waals surface area contributed by atoms with Gasteiger partial charge in [-0.3, -0.25) is 4.79 Å². The van der Waals surface area contributed by atoms with Gasteiger partial charge in [0.1, 0.15) is 5.92 Å². The van der Waals surface area contributed by atoms with Gasteiger partial charge < -0.3 is 4.74 Å². The molecular formula is C15H10Br2O2. The number of rotatable bonds is 1. The van der Waals surface area contributed by atoms with Crippen LogP contribution in [0.2, 0.25) is 0 Å². The largest absolute Gasteiger partial charge is 0.468 e. The second-order valence-electron chi connectivity index (χ2n) is 4.42. The molecule has 0 aliphatic heterocycles. The number of hydrogen-bond donors (Lipinski definition) is 0. The molecule has 0 unspecified atom stereocenters. The molecule has 0 saturated heterocycles. The normalized spacial score (nSPS) is 13.0. The van der Waals surface area contributed by atoms with Gasteiger partial charge in [-0.15, -0.1) is 0 Å². The standard InChI is InChI=1S/C15H10Br2O2/c1-19-15(18)14-12-6-8(16)2-4-10(12)11-5-3-9(17)7-13(11)14/h2-7,14H,1H3. The van der Waals surface area contributed by atoms with E-state index in [0.717, 1.165) is 31.2 Å². The Morgan fingerprint density at radius 1 is 1.00 bits per heavy atom. The zero-order chi connectivity index (χ0) is 13.6. The number of esters is 1. The Hall–Kier alpha value is -1.13. The summed E-state index contributed by atoms with van der Waals surface area (Å²) in [6, 6.07) is 12.0. The first-order valence-electron chi connectivity index (χ1n) is 5.79. The van der Waals surface area contributed by atoms with Crippen molar-refractivity contribution in [2.75, 3.05) is 7.11 Å². The molecule has 0 radical (unpaired) electrons. The average molecular weight is 382 g/mol. The first-order chi connectivity index (χ1) is 9.11. The molecule has 0 atom stereocenters. The number of methoxy groups -OCH3 is 1. The van der Waals surface area contributed by atoms with E-state index in [1.165, 1.54) is 7.11 Å². The highest BCUT2D eigenvalue weighted by molar-refractivity contribution is 9.10. The third-order valence-corrected chi connectivity index (χ3v) is 4.36. The molecule has 1 aliphatic rings. The van der Waals surface area contributed by atoms with Gasteiger partial charge in [-0.1, -0.05) is 44.0 Å². The summed E-state index contributed by atoms with van der Waals surface area (Å²) in [5.41, 5.74) is 4.19. The number of ether oxygens (including phenoxy) is 1. The van der Waals surface area contributed by atoms with Gasteiger partial charge in [0.25, 0.3) is 0 Å². The third kappa shape index (κ3) is 2.03. The number of halogens is 2. The zero-order valence-corrected chi connectivity index (χ0v) is 13.3. The van der Waals surface area contributed by atoms with Crippen LogP contribution in [0.4, 0.5) is 0 Å². The minimum Gasteiger partial charge on any atom is -0.468 e. The predicted octanol–water partition coefficient (Wildman–Crippen LogP) is 4.50. The van der Waals surface area contributed by atoms with Crippen molar-refractivity contribution in [1.29, 1.82) is 0 Å². The summed E-state index contributed by atoms with van der Waals surface area (Å²) in [5, 5.41) is 0. The molecular weight excluding hydrogens is 372 g/mol. The molecule has 3 rings (SSSR count). The molecule has 1 aliphatic carbocycles. The fraction of sp³-hybridized carbons (Fsp3) is 0.133. The number of benzene rings is 2. The van der Waals surface area contributed by atoms with Crippen molar-refractivity contribution in [1.82, 2.24) is 0 Å². The lowest BCUT2D eigenvalue weighted by Crippen LogP contribution is -2.13. The van der Waals surface area contributed by atoms with Crippen LogP contribution in [0.1, 0.15) is 17.0 Å². The number of fused-ring (bicyclic) bond motifs is 3. The molecule has 0 spiro atoms. The molecule has 0 heterocycles. The second kappa shape index (κ2) is 4.76. The molecule has 0 aromatic heterocycles. The Kier molecular flexibility index (Phi) is 3.23. The Balaban J connectivity index is 2.29. The SMILES string of the molecule is COC(=O)C1c2cc(Br)ccc2-c2ccc(Br)cc21. The minimum atomic E-state index is -0.343. The van der Waals surface area contributed by atoms with E-state index in [4.69, 9.17) is 4.74 Å². The first-order valence-corrected chi connectivity index (χ1v) is 7.37. The summed E-state index contributed by atoms with van der Waals surface area (Å²) >= 11 is 6.92. The van der Waals surface area contributed by atoms with Crippen LogP contribution in [0.15, 0.2) is 45.3 Å². The number of carbonyl (C=O) groups excluding carboxylic acids is 1. The maximum Gasteiger partial charge on any atom is 0.317 e. The molecule has 0 fully saturated rings. The van der Waals surface area contributed by atoms with Crippen LogP contribution in [0, 0.1) is 0 Å². The average Bonchev–Trinajstić information content (AvgIpc) is 2.70. The molecule has 2 aromatic carbocycles. The first kappa shape index (κ1) is 12.9. The lowest BCUT2D eigenvalue weighted by Gasteiger charge is -2.11. The van der Waals surface area contributed by atoms with E-state index in [1.807, 2.05) is 36.4 Å². The maximum absolute atomic E-state index is 12.1. The van der Waals surface area contributed by atoms with Crippen LogP contribution in [0.3, 0.4) is 0 Å². The van der Waals surface area contributed by atoms with Crippen LogP contribution in [-0.2, 0) is 9.53 Å². The lowest BCUT2D eigenvalue weighted by molar-refractivity contribution is -0.141. The molecule has 0 bridgehead atoms. The van der Waals surface area contributed by atoms with Crippen molar-refractivity contribution in [3.63, 3.8) is 0 Å². The van der Waals surface area contributed by atoms with Crippen molar-refractivity contribution in [3.05, 3.63) is 56.5 Å². The van der Waals surface area contributed by atoms with Gasteiger partial charge in [-0.2, -0.15) is 0 Å². The Morgan fingerprint density at radius 3 is 1.89 bits per heavy atom. The van der Waals surface area contributed by atoms with Crippen molar-refractivity contribution >= 4 is 37.8 Å². The summed E-state index contributed by atoms with van der Waals surface area (Å²) in [6.07, 6.45) is 0. The van der Waals surface area contributed by atoms with Crippen LogP contribution in [-0.4, -0.2) is 13.1 Å². The number of hydrogen-bond acceptors (Lipinski definition) is 2. The fourth-order valence-electron chi connectivity index (χ4n) is 2.57. The van der Waals surface area contributed by atoms with Crippen molar-refractivity contribution in [2.24, 2.45) is 0 Å². The number of carbonyl (C=O) groups is 1. The van der Waals surface area contributed by atoms with Gasteiger partial charge in [0, 0.05) is 8.95 Å². The Labute approximate surface area is 128 Å². The molecule has 0 N–H and O–H groups in total. The van der Waals surface area contributed by atoms with Crippen molar-refractivity contribution in [2.45, 2.75) is 5.92 Å². The van der Waals surface area contributed by atoms with E-state index in [9.17, 15) is 4.79 Å². The predicted molar refractivity (Wildman–Crippen MR) is 81.1 cm³/mol. The van der Waals surface area contributed by atoms with Crippen LogP contribution in [0.5, 0.6) is 0 Å². The summed E-state index contributed by atoms with van der Waals surface area (Å²) in [4.78, 5) is 12.1. The third-order valence-electron chi connectivity index (χ3n) is 3.38. The van der Waals surface area contributed by atoms with Crippen LogP contribution >= 0.6 is 31.9 Å². The monoisotopic (exact) mass is 380 g/mol. The van der Waals surface area contributed by atoms with Crippen LogP contribution in [0.25, 0.3) is 11.1 Å². The van der Waals surface area contributed by atoms with E-state index < -0.39 is 0 Å². The highest BCUT2D eigenvalue weighted by atomic mass is 79.9. The summed E-state index contributed by atoms with van der Waals surface area (Å²) in [5.74, 6) is -0.568. The van der Waals surface area contributed by atoms with E-state index in [2.05, 4.69) is 31.9 Å². The molecule has 4 heteroatoms. The molecule has 2 nitrogen and oxygen atoms in total. The Morgan fingerprint density at radius 2 is 1.47 bits per heavy atom. The van der Waals surface area contributed by atoms with E-state index in [-0.39, 0.29) is 11.9 Å². The van der Waals surface area contributed by atoms with Gasteiger partial charge >= 0.3 is 5.97 Å². The maximum atomic E-state index is 12.1. The molecule has 96 valence electrons. The van der Waals surface area contributed by atoms with Gasteiger partial charge in [-0.25, -0.2) is 0 Å². The molecule has 19 heavy (non-hydrogen) atoms. The van der Waals surface area contributed by atoms with E-state index in [1.54, 1.807) is 0 Å². The van der Waals surface area contributed by atoms with Crippen molar-refractivity contribution in [3.8, 4) is 11.1 Å². The Bertz CT molecular complexity index is 628. The highest BCUT2D eigenvalue weighted by Crippen LogP contribution is 2.46. The van der Waals surface area contributed by atoms with E-state index in [0.29, 0.717) is 0 Å². The zero-order valence-electron chi connectivity index (χ0n) is 10.1.